The number of benzene rings is 1. The van der Waals surface area contributed by atoms with E-state index in [0.717, 1.165) is 5.56 Å². The molecule has 0 bridgehead atoms. The molecule has 3 atom stereocenters. The molecule has 3 rings (SSSR count). The highest BCUT2D eigenvalue weighted by Crippen LogP contribution is 2.28. The van der Waals surface area contributed by atoms with Crippen molar-refractivity contribution in [2.24, 2.45) is 5.41 Å². The normalized spacial score (nSPS) is 20.8. The zero-order chi connectivity index (χ0) is 27.4. The third-order valence-electron chi connectivity index (χ3n) is 6.20. The van der Waals surface area contributed by atoms with Crippen LogP contribution in [0.15, 0.2) is 30.3 Å². The number of amides is 3. The van der Waals surface area contributed by atoms with Crippen molar-refractivity contribution < 1.29 is 33.5 Å². The lowest BCUT2D eigenvalue weighted by atomic mass is 9.85. The van der Waals surface area contributed by atoms with Gasteiger partial charge in [0.15, 0.2) is 0 Å². The van der Waals surface area contributed by atoms with E-state index in [1.54, 1.807) is 20.8 Å². The number of carbonyl (C=O) groups is 4. The van der Waals surface area contributed by atoms with Gasteiger partial charge in [-0.3, -0.25) is 19.2 Å². The molecule has 2 heterocycles. The lowest BCUT2D eigenvalue weighted by Gasteiger charge is -2.37. The Balaban J connectivity index is 1.79. The number of carbonyl (C=O) groups excluding carboxylic acids is 4. The molecule has 1 aromatic rings. The SMILES string of the molecule is CC(C)(C)OC(=O)NC(C(=O)N1CCCC1C(=O)N(OCc1ccccc1)C1COC(=O)C1)C(C)(C)C. The molecule has 2 fully saturated rings. The van der Waals surface area contributed by atoms with Gasteiger partial charge in [-0.15, -0.1) is 0 Å². The molecule has 1 aromatic carbocycles. The average molecular weight is 518 g/mol. The molecular formula is C27H39N3O7. The Morgan fingerprint density at radius 1 is 1.14 bits per heavy atom. The zero-order valence-electron chi connectivity index (χ0n) is 22.6. The molecule has 204 valence electrons. The van der Waals surface area contributed by atoms with Crippen LogP contribution in [0.25, 0.3) is 0 Å². The van der Waals surface area contributed by atoms with Gasteiger partial charge in [0.2, 0.25) is 5.91 Å². The van der Waals surface area contributed by atoms with Crippen molar-refractivity contribution in [1.29, 1.82) is 0 Å². The minimum absolute atomic E-state index is 0.0199. The number of hydrogen-bond donors (Lipinski definition) is 1. The van der Waals surface area contributed by atoms with Gasteiger partial charge in [0, 0.05) is 6.54 Å². The summed E-state index contributed by atoms with van der Waals surface area (Å²) in [5.74, 6) is -1.18. The topological polar surface area (TPSA) is 114 Å². The average Bonchev–Trinajstić information content (AvgIpc) is 3.45. The van der Waals surface area contributed by atoms with Crippen molar-refractivity contribution in [2.75, 3.05) is 13.2 Å². The Morgan fingerprint density at radius 2 is 1.81 bits per heavy atom. The molecular weight excluding hydrogens is 478 g/mol. The maximum atomic E-state index is 13.8. The molecule has 1 N–H and O–H groups in total. The fraction of sp³-hybridized carbons (Fsp3) is 0.630. The van der Waals surface area contributed by atoms with E-state index in [0.29, 0.717) is 19.4 Å². The molecule has 3 unspecified atom stereocenters. The van der Waals surface area contributed by atoms with Crippen molar-refractivity contribution in [3.8, 4) is 0 Å². The van der Waals surface area contributed by atoms with Gasteiger partial charge < -0.3 is 19.7 Å². The van der Waals surface area contributed by atoms with Gasteiger partial charge in [-0.1, -0.05) is 51.1 Å². The number of likely N-dealkylation sites (tertiary alicyclic amines) is 1. The van der Waals surface area contributed by atoms with Crippen molar-refractivity contribution in [3.63, 3.8) is 0 Å². The van der Waals surface area contributed by atoms with Crippen LogP contribution in [0.2, 0.25) is 0 Å². The number of nitrogens with zero attached hydrogens (tertiary/aromatic N) is 2. The molecule has 10 nitrogen and oxygen atoms in total. The van der Waals surface area contributed by atoms with Gasteiger partial charge in [0.1, 0.15) is 36.9 Å². The van der Waals surface area contributed by atoms with E-state index in [1.807, 2.05) is 51.1 Å². The molecule has 37 heavy (non-hydrogen) atoms. The molecule has 2 aliphatic rings. The Morgan fingerprint density at radius 3 is 2.38 bits per heavy atom. The van der Waals surface area contributed by atoms with E-state index in [9.17, 15) is 19.2 Å². The monoisotopic (exact) mass is 517 g/mol. The molecule has 0 radical (unpaired) electrons. The number of esters is 1. The smallest absolute Gasteiger partial charge is 0.408 e. The largest absolute Gasteiger partial charge is 0.463 e. The van der Waals surface area contributed by atoms with Crippen LogP contribution < -0.4 is 5.32 Å². The highest BCUT2D eigenvalue weighted by molar-refractivity contribution is 5.92. The molecule has 0 aliphatic carbocycles. The van der Waals surface area contributed by atoms with Gasteiger partial charge >= 0.3 is 12.1 Å². The van der Waals surface area contributed by atoms with E-state index in [1.165, 1.54) is 9.96 Å². The second-order valence-electron chi connectivity index (χ2n) is 11.6. The Hall–Kier alpha value is -3.14. The molecule has 3 amide bonds. The molecule has 10 heteroatoms. The van der Waals surface area contributed by atoms with E-state index in [4.69, 9.17) is 14.3 Å². The lowest BCUT2D eigenvalue weighted by Crippen LogP contribution is -2.59. The summed E-state index contributed by atoms with van der Waals surface area (Å²) in [6.07, 6.45) is 0.391. The van der Waals surface area contributed by atoms with Crippen molar-refractivity contribution in [2.45, 2.75) is 91.1 Å². The number of nitrogens with one attached hydrogen (secondary N) is 1. The maximum Gasteiger partial charge on any atom is 0.408 e. The zero-order valence-corrected chi connectivity index (χ0v) is 22.6. The predicted molar refractivity (Wildman–Crippen MR) is 135 cm³/mol. The molecule has 2 aliphatic heterocycles. The fourth-order valence-corrected chi connectivity index (χ4v) is 4.39. The summed E-state index contributed by atoms with van der Waals surface area (Å²) in [6.45, 7) is 11.3. The van der Waals surface area contributed by atoms with Crippen LogP contribution in [0.1, 0.15) is 66.4 Å². The van der Waals surface area contributed by atoms with E-state index >= 15 is 0 Å². The van der Waals surface area contributed by atoms with Crippen molar-refractivity contribution >= 4 is 23.9 Å². The number of cyclic esters (lactones) is 1. The molecule has 0 spiro atoms. The summed E-state index contributed by atoms with van der Waals surface area (Å²) in [7, 11) is 0. The van der Waals surface area contributed by atoms with Crippen LogP contribution in [-0.2, 0) is 35.3 Å². The second kappa shape index (κ2) is 11.5. The highest BCUT2D eigenvalue weighted by atomic mass is 16.7. The minimum atomic E-state index is -0.911. The maximum absolute atomic E-state index is 13.8. The Bertz CT molecular complexity index is 984. The van der Waals surface area contributed by atoms with Crippen LogP contribution in [0.5, 0.6) is 0 Å². The molecule has 0 aromatic heterocycles. The summed E-state index contributed by atoms with van der Waals surface area (Å²) >= 11 is 0. The summed E-state index contributed by atoms with van der Waals surface area (Å²) in [6, 6.07) is 7.09. The first-order valence-corrected chi connectivity index (χ1v) is 12.7. The number of rotatable bonds is 7. The predicted octanol–water partition coefficient (Wildman–Crippen LogP) is 3.19. The number of alkyl carbamates (subject to hydrolysis) is 1. The van der Waals surface area contributed by atoms with Gasteiger partial charge in [-0.05, 0) is 44.6 Å². The minimum Gasteiger partial charge on any atom is -0.463 e. The fourth-order valence-electron chi connectivity index (χ4n) is 4.39. The van der Waals surface area contributed by atoms with Crippen LogP contribution in [0, 0.1) is 5.41 Å². The first kappa shape index (κ1) is 28.4. The second-order valence-corrected chi connectivity index (χ2v) is 11.6. The standard InChI is InChI=1S/C27H39N3O7/c1-26(2,3)22(28-25(34)37-27(4,5)6)24(33)29-14-10-13-20(29)23(32)30(19-15-21(31)35-17-19)36-16-18-11-8-7-9-12-18/h7-9,11-12,19-20,22H,10,13-17H2,1-6H3,(H,28,34). The van der Waals surface area contributed by atoms with E-state index in [2.05, 4.69) is 5.32 Å². The van der Waals surface area contributed by atoms with Crippen LogP contribution in [0.4, 0.5) is 4.79 Å². The van der Waals surface area contributed by atoms with Gasteiger partial charge in [0.25, 0.3) is 5.91 Å². The molecule has 2 saturated heterocycles. The summed E-state index contributed by atoms with van der Waals surface area (Å²) in [5, 5.41) is 3.92. The Kier molecular flexibility index (Phi) is 8.84. The van der Waals surface area contributed by atoms with Crippen LogP contribution in [-0.4, -0.2) is 70.7 Å². The highest BCUT2D eigenvalue weighted by Gasteiger charge is 2.45. The number of hydroxylamine groups is 2. The summed E-state index contributed by atoms with van der Waals surface area (Å²) in [4.78, 5) is 59.3. The first-order valence-electron chi connectivity index (χ1n) is 12.7. The lowest BCUT2D eigenvalue weighted by molar-refractivity contribution is -0.210. The van der Waals surface area contributed by atoms with Gasteiger partial charge in [0.05, 0.1) is 6.42 Å². The number of ether oxygens (including phenoxy) is 2. The van der Waals surface area contributed by atoms with Crippen LogP contribution in [0.3, 0.4) is 0 Å². The third kappa shape index (κ3) is 7.67. The van der Waals surface area contributed by atoms with E-state index in [-0.39, 0.29) is 25.5 Å². The van der Waals surface area contributed by atoms with Crippen molar-refractivity contribution in [3.05, 3.63) is 35.9 Å². The van der Waals surface area contributed by atoms with E-state index < -0.39 is 47.1 Å². The Labute approximate surface area is 218 Å². The van der Waals surface area contributed by atoms with Gasteiger partial charge in [-0.2, -0.15) is 0 Å². The summed E-state index contributed by atoms with van der Waals surface area (Å²) in [5.41, 5.74) is -0.502. The number of hydrogen-bond acceptors (Lipinski definition) is 7. The van der Waals surface area contributed by atoms with Crippen molar-refractivity contribution in [1.82, 2.24) is 15.3 Å². The summed E-state index contributed by atoms with van der Waals surface area (Å²) < 4.78 is 10.5. The quantitative estimate of drug-likeness (QED) is 0.436. The molecule has 0 saturated carbocycles. The first-order chi connectivity index (χ1) is 17.3. The third-order valence-corrected chi connectivity index (χ3v) is 6.20. The van der Waals surface area contributed by atoms with Gasteiger partial charge in [-0.25, -0.2) is 9.86 Å². The van der Waals surface area contributed by atoms with Crippen LogP contribution >= 0.6 is 0 Å².